The Morgan fingerprint density at radius 1 is 0.975 bits per heavy atom. The van der Waals surface area contributed by atoms with Gasteiger partial charge in [0.05, 0.1) is 11.1 Å². The summed E-state index contributed by atoms with van der Waals surface area (Å²) in [6.45, 7) is 3.42. The fraction of sp³-hybridized carbons (Fsp3) is 0.333. The minimum absolute atomic E-state index is 0.111. The molecule has 5 rings (SSSR count). The number of hydrogen-bond donors (Lipinski definition) is 1. The third-order valence-corrected chi connectivity index (χ3v) is 7.48. The molecule has 1 saturated heterocycles. The third-order valence-electron chi connectivity index (χ3n) is 7.25. The molecule has 2 aliphatic rings. The van der Waals surface area contributed by atoms with Gasteiger partial charge in [0.25, 0.3) is 17.7 Å². The second kappa shape index (κ2) is 12.5. The van der Waals surface area contributed by atoms with Crippen molar-refractivity contribution in [3.63, 3.8) is 0 Å². The first-order chi connectivity index (χ1) is 19.4. The van der Waals surface area contributed by atoms with Crippen LogP contribution in [0.5, 0.6) is 5.75 Å². The number of rotatable bonds is 6. The zero-order chi connectivity index (χ0) is 28.1. The second-order valence-electron chi connectivity index (χ2n) is 10.0. The Bertz CT molecular complexity index is 1390. The Morgan fingerprint density at radius 2 is 1.77 bits per heavy atom. The maximum atomic E-state index is 13.4. The standard InChI is InChI=1S/C30H32ClN5O4/c1-34-14-16-35(17-15-34)28(37)20-40-26-8-3-2-7-24(26)29(38)33-27-12-9-22(19-32-27)30(39)36-13-5-4-6-21-18-23(31)10-11-25(21)36/h2-3,7-12,18-19H,4-6,13-17,20H2,1H3,(H,32,33,38). The van der Waals surface area contributed by atoms with E-state index in [1.807, 2.05) is 19.2 Å². The van der Waals surface area contributed by atoms with Crippen molar-refractivity contribution in [1.29, 1.82) is 0 Å². The number of ether oxygens (including phenoxy) is 1. The molecule has 2 aliphatic heterocycles. The van der Waals surface area contributed by atoms with E-state index in [-0.39, 0.29) is 24.0 Å². The minimum Gasteiger partial charge on any atom is -0.483 e. The summed E-state index contributed by atoms with van der Waals surface area (Å²) < 4.78 is 5.76. The van der Waals surface area contributed by atoms with Crippen LogP contribution in [0, 0.1) is 0 Å². The van der Waals surface area contributed by atoms with E-state index in [4.69, 9.17) is 16.3 Å². The summed E-state index contributed by atoms with van der Waals surface area (Å²) in [5, 5.41) is 3.42. The van der Waals surface area contributed by atoms with Crippen molar-refractivity contribution in [1.82, 2.24) is 14.8 Å². The zero-order valence-corrected chi connectivity index (χ0v) is 23.2. The number of benzene rings is 2. The lowest BCUT2D eigenvalue weighted by molar-refractivity contribution is -0.134. The van der Waals surface area contributed by atoms with Crippen LogP contribution in [-0.4, -0.2) is 78.9 Å². The van der Waals surface area contributed by atoms with Gasteiger partial charge in [-0.1, -0.05) is 23.7 Å². The molecule has 9 nitrogen and oxygen atoms in total. The van der Waals surface area contributed by atoms with Crippen molar-refractivity contribution in [3.8, 4) is 5.75 Å². The highest BCUT2D eigenvalue weighted by Crippen LogP contribution is 2.30. The molecular formula is C30H32ClN5O4. The third kappa shape index (κ3) is 6.43. The summed E-state index contributed by atoms with van der Waals surface area (Å²) in [4.78, 5) is 49.1. The summed E-state index contributed by atoms with van der Waals surface area (Å²) in [5.74, 6) is -0.0744. The number of carbonyl (C=O) groups excluding carboxylic acids is 3. The number of likely N-dealkylation sites (N-methyl/N-ethyl adjacent to an activating group) is 1. The van der Waals surface area contributed by atoms with Gasteiger partial charge in [0.2, 0.25) is 0 Å². The first kappa shape index (κ1) is 27.6. The van der Waals surface area contributed by atoms with Crippen molar-refractivity contribution in [2.75, 3.05) is 56.6 Å². The summed E-state index contributed by atoms with van der Waals surface area (Å²) in [6, 6.07) is 15.6. The molecule has 0 saturated carbocycles. The lowest BCUT2D eigenvalue weighted by atomic mass is 10.1. The number of para-hydroxylation sites is 1. The number of aromatic nitrogens is 1. The first-order valence-corrected chi connectivity index (χ1v) is 13.8. The lowest BCUT2D eigenvalue weighted by Crippen LogP contribution is -2.48. The number of amides is 3. The highest BCUT2D eigenvalue weighted by atomic mass is 35.5. The molecule has 3 amide bonds. The van der Waals surface area contributed by atoms with Crippen LogP contribution in [0.15, 0.2) is 60.8 Å². The predicted octanol–water partition coefficient (Wildman–Crippen LogP) is 4.12. The van der Waals surface area contributed by atoms with E-state index in [9.17, 15) is 14.4 Å². The Morgan fingerprint density at radius 3 is 2.55 bits per heavy atom. The number of fused-ring (bicyclic) bond motifs is 1. The summed E-state index contributed by atoms with van der Waals surface area (Å²) in [6.07, 6.45) is 4.21. The van der Waals surface area contributed by atoms with E-state index >= 15 is 0 Å². The van der Waals surface area contributed by atoms with Crippen molar-refractivity contribution in [2.45, 2.75) is 19.3 Å². The quantitative estimate of drug-likeness (QED) is 0.486. The molecule has 3 heterocycles. The van der Waals surface area contributed by atoms with Gasteiger partial charge in [-0.25, -0.2) is 4.98 Å². The van der Waals surface area contributed by atoms with Crippen LogP contribution in [0.4, 0.5) is 11.5 Å². The number of carbonyl (C=O) groups is 3. The molecule has 208 valence electrons. The van der Waals surface area contributed by atoms with Gasteiger partial charge in [-0.3, -0.25) is 14.4 Å². The monoisotopic (exact) mass is 561 g/mol. The maximum absolute atomic E-state index is 13.4. The Labute approximate surface area is 238 Å². The van der Waals surface area contributed by atoms with Crippen molar-refractivity contribution >= 4 is 40.8 Å². The second-order valence-corrected chi connectivity index (χ2v) is 10.5. The predicted molar refractivity (Wildman–Crippen MR) is 154 cm³/mol. The van der Waals surface area contributed by atoms with E-state index in [2.05, 4.69) is 15.2 Å². The number of piperazine rings is 1. The van der Waals surface area contributed by atoms with Crippen LogP contribution in [0.25, 0.3) is 0 Å². The smallest absolute Gasteiger partial charge is 0.260 e. The summed E-state index contributed by atoms with van der Waals surface area (Å²) in [7, 11) is 2.03. The van der Waals surface area contributed by atoms with Crippen LogP contribution < -0.4 is 15.0 Å². The summed E-state index contributed by atoms with van der Waals surface area (Å²) >= 11 is 6.18. The van der Waals surface area contributed by atoms with Gasteiger partial charge < -0.3 is 24.8 Å². The van der Waals surface area contributed by atoms with E-state index in [1.165, 1.54) is 6.20 Å². The number of nitrogens with one attached hydrogen (secondary N) is 1. The van der Waals surface area contributed by atoms with Crippen LogP contribution in [0.3, 0.4) is 0 Å². The van der Waals surface area contributed by atoms with Crippen molar-refractivity contribution in [2.24, 2.45) is 0 Å². The molecule has 0 unspecified atom stereocenters. The van der Waals surface area contributed by atoms with Crippen LogP contribution >= 0.6 is 11.6 Å². The first-order valence-electron chi connectivity index (χ1n) is 13.4. The number of anilines is 2. The molecule has 10 heteroatoms. The SMILES string of the molecule is CN1CCN(C(=O)COc2ccccc2C(=O)Nc2ccc(C(=O)N3CCCCc4cc(Cl)ccc43)cn2)CC1. The van der Waals surface area contributed by atoms with Crippen LogP contribution in [-0.2, 0) is 11.2 Å². The molecule has 0 atom stereocenters. The number of halogens is 1. The van der Waals surface area contributed by atoms with Gasteiger partial charge in [-0.2, -0.15) is 0 Å². The van der Waals surface area contributed by atoms with E-state index in [0.717, 1.165) is 43.6 Å². The highest BCUT2D eigenvalue weighted by molar-refractivity contribution is 6.30. The van der Waals surface area contributed by atoms with E-state index < -0.39 is 5.91 Å². The molecule has 0 aliphatic carbocycles. The van der Waals surface area contributed by atoms with Crippen molar-refractivity contribution in [3.05, 3.63) is 82.5 Å². The minimum atomic E-state index is -0.424. The number of nitrogens with zero attached hydrogens (tertiary/aromatic N) is 4. The largest absolute Gasteiger partial charge is 0.483 e. The average molecular weight is 562 g/mol. The Hall–Kier alpha value is -3.95. The van der Waals surface area contributed by atoms with Gasteiger partial charge in [-0.15, -0.1) is 0 Å². The molecule has 1 N–H and O–H groups in total. The highest BCUT2D eigenvalue weighted by Gasteiger charge is 2.24. The van der Waals surface area contributed by atoms with E-state index in [1.54, 1.807) is 52.3 Å². The normalized spacial score (nSPS) is 15.7. The molecular weight excluding hydrogens is 530 g/mol. The molecule has 40 heavy (non-hydrogen) atoms. The number of hydrogen-bond acceptors (Lipinski definition) is 6. The Balaban J connectivity index is 1.23. The fourth-order valence-electron chi connectivity index (χ4n) is 4.93. The summed E-state index contributed by atoms with van der Waals surface area (Å²) in [5.41, 5.74) is 2.63. The molecule has 1 aromatic heterocycles. The maximum Gasteiger partial charge on any atom is 0.260 e. The van der Waals surface area contributed by atoms with Gasteiger partial charge in [-0.05, 0) is 74.3 Å². The number of pyridine rings is 1. The zero-order valence-electron chi connectivity index (χ0n) is 22.4. The van der Waals surface area contributed by atoms with Crippen LogP contribution in [0.2, 0.25) is 5.02 Å². The molecule has 0 bridgehead atoms. The van der Waals surface area contributed by atoms with Gasteiger partial charge in [0.1, 0.15) is 11.6 Å². The van der Waals surface area contributed by atoms with Gasteiger partial charge in [0, 0.05) is 49.6 Å². The van der Waals surface area contributed by atoms with Crippen LogP contribution in [0.1, 0.15) is 39.1 Å². The Kier molecular flexibility index (Phi) is 8.62. The topological polar surface area (TPSA) is 95.1 Å². The number of aryl methyl sites for hydroxylation is 1. The molecule has 2 aromatic carbocycles. The van der Waals surface area contributed by atoms with E-state index in [0.29, 0.717) is 41.8 Å². The molecule has 0 spiro atoms. The van der Waals surface area contributed by atoms with Gasteiger partial charge >= 0.3 is 0 Å². The lowest BCUT2D eigenvalue weighted by Gasteiger charge is -2.32. The average Bonchev–Trinajstić information content (AvgIpc) is 3.18. The van der Waals surface area contributed by atoms with Crippen molar-refractivity contribution < 1.29 is 19.1 Å². The molecule has 3 aromatic rings. The van der Waals surface area contributed by atoms with Gasteiger partial charge in [0.15, 0.2) is 6.61 Å². The fourth-order valence-corrected chi connectivity index (χ4v) is 5.13. The molecule has 0 radical (unpaired) electrons. The molecule has 1 fully saturated rings.